The molecular weight excluding hydrogens is 184 g/mol. The number of rotatable bonds is 3. The zero-order valence-corrected chi connectivity index (χ0v) is 8.94. The van der Waals surface area contributed by atoms with Crippen molar-refractivity contribution < 1.29 is 9.90 Å². The van der Waals surface area contributed by atoms with E-state index in [1.807, 2.05) is 17.7 Å². The third-order valence-corrected chi connectivity index (χ3v) is 3.08. The van der Waals surface area contributed by atoms with Crippen LogP contribution in [0.3, 0.4) is 0 Å². The summed E-state index contributed by atoms with van der Waals surface area (Å²) in [6.07, 6.45) is 0.609. The molecule has 1 N–H and O–H groups in total. The van der Waals surface area contributed by atoms with Gasteiger partial charge in [-0.1, -0.05) is 0 Å². The topological polar surface area (TPSA) is 37.3 Å². The average molecular weight is 198 g/mol. The van der Waals surface area contributed by atoms with Gasteiger partial charge in [-0.05, 0) is 49.1 Å². The molecule has 1 heterocycles. The molecule has 0 spiro atoms. The molecule has 0 aliphatic carbocycles. The summed E-state index contributed by atoms with van der Waals surface area (Å²) in [6, 6.07) is 0. The molecule has 13 heavy (non-hydrogen) atoms. The summed E-state index contributed by atoms with van der Waals surface area (Å²) < 4.78 is 0. The molecule has 2 nitrogen and oxygen atoms in total. The van der Waals surface area contributed by atoms with E-state index in [2.05, 4.69) is 0 Å². The lowest BCUT2D eigenvalue weighted by atomic mass is 9.86. The van der Waals surface area contributed by atoms with E-state index in [1.165, 1.54) is 5.56 Å². The Labute approximate surface area is 82.2 Å². The van der Waals surface area contributed by atoms with Gasteiger partial charge in [0.25, 0.3) is 0 Å². The number of aliphatic carboxylic acids is 1. The van der Waals surface area contributed by atoms with Gasteiger partial charge in [0, 0.05) is 0 Å². The Morgan fingerprint density at radius 3 is 2.54 bits per heavy atom. The second-order valence-corrected chi connectivity index (χ2v) is 4.69. The largest absolute Gasteiger partial charge is 0.481 e. The van der Waals surface area contributed by atoms with Gasteiger partial charge in [-0.2, -0.15) is 11.3 Å². The third kappa shape index (κ3) is 2.31. The van der Waals surface area contributed by atoms with Gasteiger partial charge >= 0.3 is 5.97 Å². The minimum atomic E-state index is -0.738. The second kappa shape index (κ2) is 3.50. The highest BCUT2D eigenvalue weighted by Crippen LogP contribution is 2.25. The van der Waals surface area contributed by atoms with Crippen LogP contribution in [0.1, 0.15) is 25.0 Å². The van der Waals surface area contributed by atoms with Gasteiger partial charge in [0.05, 0.1) is 5.41 Å². The van der Waals surface area contributed by atoms with Gasteiger partial charge in [-0.25, -0.2) is 0 Å². The maximum Gasteiger partial charge on any atom is 0.309 e. The Morgan fingerprint density at radius 1 is 1.54 bits per heavy atom. The smallest absolute Gasteiger partial charge is 0.309 e. The molecule has 0 saturated carbocycles. The van der Waals surface area contributed by atoms with Crippen LogP contribution in [-0.2, 0) is 11.2 Å². The van der Waals surface area contributed by atoms with Crippen molar-refractivity contribution in [3.05, 3.63) is 21.9 Å². The number of thiophene rings is 1. The summed E-state index contributed by atoms with van der Waals surface area (Å²) in [7, 11) is 0. The minimum Gasteiger partial charge on any atom is -0.481 e. The molecule has 1 aromatic heterocycles. The molecule has 0 aromatic carbocycles. The Hall–Kier alpha value is -0.830. The Bertz CT molecular complexity index is 312. The normalized spacial score (nSPS) is 11.6. The fourth-order valence-corrected chi connectivity index (χ4v) is 1.98. The molecule has 0 unspecified atom stereocenters. The standard InChI is InChI=1S/C10H14O2S/c1-7-5-13-6-8(7)4-10(2,3)9(11)12/h5-6H,4H2,1-3H3,(H,11,12). The van der Waals surface area contributed by atoms with E-state index < -0.39 is 11.4 Å². The predicted octanol–water partition coefficient (Wildman–Crippen LogP) is 2.71. The fraction of sp³-hybridized carbons (Fsp3) is 0.500. The van der Waals surface area contributed by atoms with Gasteiger partial charge in [-0.15, -0.1) is 0 Å². The number of carboxylic acid groups (broad SMARTS) is 1. The predicted molar refractivity (Wildman–Crippen MR) is 54.2 cm³/mol. The van der Waals surface area contributed by atoms with Crippen molar-refractivity contribution in [2.75, 3.05) is 0 Å². The van der Waals surface area contributed by atoms with Crippen LogP contribution < -0.4 is 0 Å². The molecule has 1 rings (SSSR count). The van der Waals surface area contributed by atoms with Crippen LogP contribution in [0.15, 0.2) is 10.8 Å². The van der Waals surface area contributed by atoms with Gasteiger partial charge in [0.2, 0.25) is 0 Å². The third-order valence-electron chi connectivity index (χ3n) is 2.17. The highest BCUT2D eigenvalue weighted by atomic mass is 32.1. The molecule has 0 saturated heterocycles. The Balaban J connectivity index is 2.80. The Kier molecular flexibility index (Phi) is 2.76. The molecule has 0 radical (unpaired) electrons. The molecule has 0 fully saturated rings. The molecular formula is C10H14O2S. The highest BCUT2D eigenvalue weighted by Gasteiger charge is 2.27. The average Bonchev–Trinajstić information content (AvgIpc) is 2.35. The van der Waals surface area contributed by atoms with Gasteiger partial charge in [-0.3, -0.25) is 4.79 Å². The summed E-state index contributed by atoms with van der Waals surface area (Å²) in [6.45, 7) is 5.53. The van der Waals surface area contributed by atoms with Crippen LogP contribution in [0.5, 0.6) is 0 Å². The molecule has 0 bridgehead atoms. The summed E-state index contributed by atoms with van der Waals surface area (Å²) >= 11 is 1.63. The quantitative estimate of drug-likeness (QED) is 0.810. The first-order valence-electron chi connectivity index (χ1n) is 4.18. The first-order chi connectivity index (χ1) is 5.93. The molecule has 3 heteroatoms. The van der Waals surface area contributed by atoms with E-state index in [0.29, 0.717) is 6.42 Å². The molecule has 72 valence electrons. The van der Waals surface area contributed by atoms with Crippen molar-refractivity contribution in [3.8, 4) is 0 Å². The molecule has 0 aliphatic rings. The maximum atomic E-state index is 10.9. The van der Waals surface area contributed by atoms with Crippen molar-refractivity contribution in [3.63, 3.8) is 0 Å². The number of carbonyl (C=O) groups is 1. The zero-order valence-electron chi connectivity index (χ0n) is 8.13. The van der Waals surface area contributed by atoms with Crippen LogP contribution in [0.2, 0.25) is 0 Å². The maximum absolute atomic E-state index is 10.9. The monoisotopic (exact) mass is 198 g/mol. The van der Waals surface area contributed by atoms with E-state index in [1.54, 1.807) is 25.2 Å². The summed E-state index contributed by atoms with van der Waals surface area (Å²) in [5.74, 6) is -0.738. The minimum absolute atomic E-state index is 0.609. The van der Waals surface area contributed by atoms with Crippen LogP contribution in [-0.4, -0.2) is 11.1 Å². The number of hydrogen-bond acceptors (Lipinski definition) is 2. The van der Waals surface area contributed by atoms with Crippen molar-refractivity contribution in [2.45, 2.75) is 27.2 Å². The number of hydrogen-bond donors (Lipinski definition) is 1. The molecule has 0 atom stereocenters. The SMILES string of the molecule is Cc1cscc1CC(C)(C)C(=O)O. The van der Waals surface area contributed by atoms with Crippen LogP contribution >= 0.6 is 11.3 Å². The van der Waals surface area contributed by atoms with Gasteiger partial charge < -0.3 is 5.11 Å². The molecule has 1 aromatic rings. The highest BCUT2D eigenvalue weighted by molar-refractivity contribution is 7.08. The van der Waals surface area contributed by atoms with Crippen LogP contribution in [0, 0.1) is 12.3 Å². The second-order valence-electron chi connectivity index (χ2n) is 3.95. The number of carboxylic acids is 1. The Morgan fingerprint density at radius 2 is 2.15 bits per heavy atom. The zero-order chi connectivity index (χ0) is 10.1. The lowest BCUT2D eigenvalue weighted by molar-refractivity contribution is -0.146. The lowest BCUT2D eigenvalue weighted by Crippen LogP contribution is -2.26. The summed E-state index contributed by atoms with van der Waals surface area (Å²) in [5, 5.41) is 13.0. The molecule has 0 aliphatic heterocycles. The van der Waals surface area contributed by atoms with Crippen molar-refractivity contribution in [1.29, 1.82) is 0 Å². The van der Waals surface area contributed by atoms with Crippen LogP contribution in [0.4, 0.5) is 0 Å². The van der Waals surface area contributed by atoms with E-state index in [0.717, 1.165) is 5.56 Å². The summed E-state index contributed by atoms with van der Waals surface area (Å²) in [4.78, 5) is 10.9. The van der Waals surface area contributed by atoms with E-state index in [-0.39, 0.29) is 0 Å². The number of aryl methyl sites for hydroxylation is 1. The van der Waals surface area contributed by atoms with Crippen molar-refractivity contribution >= 4 is 17.3 Å². The van der Waals surface area contributed by atoms with Crippen LogP contribution in [0.25, 0.3) is 0 Å². The van der Waals surface area contributed by atoms with Crippen molar-refractivity contribution in [2.24, 2.45) is 5.41 Å². The lowest BCUT2D eigenvalue weighted by Gasteiger charge is -2.18. The van der Waals surface area contributed by atoms with Gasteiger partial charge in [0.1, 0.15) is 0 Å². The first-order valence-corrected chi connectivity index (χ1v) is 5.13. The van der Waals surface area contributed by atoms with Crippen molar-refractivity contribution in [1.82, 2.24) is 0 Å². The fourth-order valence-electron chi connectivity index (χ4n) is 1.12. The van der Waals surface area contributed by atoms with E-state index in [9.17, 15) is 4.79 Å². The van der Waals surface area contributed by atoms with Gasteiger partial charge in [0.15, 0.2) is 0 Å². The van der Waals surface area contributed by atoms with E-state index >= 15 is 0 Å². The first kappa shape index (κ1) is 10.3. The van der Waals surface area contributed by atoms with E-state index in [4.69, 9.17) is 5.11 Å². The molecule has 0 amide bonds. The summed E-state index contributed by atoms with van der Waals surface area (Å²) in [5.41, 5.74) is 1.68.